The van der Waals surface area contributed by atoms with Crippen LogP contribution in [0.15, 0.2) is 65.8 Å². The van der Waals surface area contributed by atoms with Gasteiger partial charge in [-0.25, -0.2) is 9.80 Å². The van der Waals surface area contributed by atoms with E-state index in [0.717, 1.165) is 11.3 Å². The molecule has 0 aliphatic heterocycles. The van der Waals surface area contributed by atoms with Crippen LogP contribution in [0, 0.1) is 0 Å². The molecule has 96 valence electrons. The van der Waals surface area contributed by atoms with Crippen LogP contribution < -0.4 is 5.32 Å². The van der Waals surface area contributed by atoms with Crippen LogP contribution in [-0.4, -0.2) is 24.3 Å². The monoisotopic (exact) mass is 253 g/mol. The molecular formula is C15H15N3O. The molecule has 19 heavy (non-hydrogen) atoms. The topological polar surface area (TPSA) is 44.7 Å². The summed E-state index contributed by atoms with van der Waals surface area (Å²) in [6.45, 7) is 0. The summed E-state index contributed by atoms with van der Waals surface area (Å²) in [6, 6.07) is 18.6. The first-order valence-corrected chi connectivity index (χ1v) is 5.94. The van der Waals surface area contributed by atoms with Crippen molar-refractivity contribution in [3.63, 3.8) is 0 Å². The molecule has 0 saturated heterocycles. The van der Waals surface area contributed by atoms with Gasteiger partial charge in [-0.05, 0) is 17.7 Å². The lowest BCUT2D eigenvalue weighted by molar-refractivity contribution is 0.224. The number of amides is 2. The molecule has 0 atom stereocenters. The van der Waals surface area contributed by atoms with E-state index in [9.17, 15) is 4.79 Å². The lowest BCUT2D eigenvalue weighted by atomic mass is 10.2. The molecule has 2 aromatic rings. The van der Waals surface area contributed by atoms with Crippen molar-refractivity contribution in [2.24, 2.45) is 5.10 Å². The summed E-state index contributed by atoms with van der Waals surface area (Å²) in [5.74, 6) is 0. The van der Waals surface area contributed by atoms with Crippen molar-refractivity contribution in [1.82, 2.24) is 5.01 Å². The van der Waals surface area contributed by atoms with Gasteiger partial charge < -0.3 is 5.32 Å². The van der Waals surface area contributed by atoms with Gasteiger partial charge in [0.05, 0.1) is 6.21 Å². The highest BCUT2D eigenvalue weighted by Gasteiger charge is 2.05. The normalized spacial score (nSPS) is 10.4. The van der Waals surface area contributed by atoms with Crippen LogP contribution in [0.1, 0.15) is 5.56 Å². The standard InChI is InChI=1S/C15H15N3O/c1-18(16-12-13-8-4-2-5-9-13)15(19)17-14-10-6-3-7-11-14/h2-12H,1H3,(H,17,19)/b16-12+. The fourth-order valence-electron chi connectivity index (χ4n) is 1.47. The molecule has 0 aliphatic carbocycles. The fraction of sp³-hybridized carbons (Fsp3) is 0.0667. The SMILES string of the molecule is CN(/N=C/c1ccccc1)C(=O)Nc1ccccc1. The van der Waals surface area contributed by atoms with Gasteiger partial charge >= 0.3 is 6.03 Å². The quantitative estimate of drug-likeness (QED) is 0.662. The van der Waals surface area contributed by atoms with Crippen molar-refractivity contribution in [3.8, 4) is 0 Å². The van der Waals surface area contributed by atoms with Crippen molar-refractivity contribution in [3.05, 3.63) is 66.2 Å². The summed E-state index contributed by atoms with van der Waals surface area (Å²) >= 11 is 0. The summed E-state index contributed by atoms with van der Waals surface area (Å²) in [5.41, 5.74) is 1.69. The lowest BCUT2D eigenvalue weighted by Crippen LogP contribution is -2.26. The Morgan fingerprint density at radius 3 is 2.26 bits per heavy atom. The van der Waals surface area contributed by atoms with Crippen molar-refractivity contribution in [2.45, 2.75) is 0 Å². The van der Waals surface area contributed by atoms with Crippen molar-refractivity contribution in [1.29, 1.82) is 0 Å². The number of carbonyl (C=O) groups is 1. The van der Waals surface area contributed by atoms with Crippen LogP contribution in [0.2, 0.25) is 0 Å². The van der Waals surface area contributed by atoms with Crippen LogP contribution in [0.5, 0.6) is 0 Å². The van der Waals surface area contributed by atoms with Crippen LogP contribution in [0.4, 0.5) is 10.5 Å². The minimum Gasteiger partial charge on any atom is -0.306 e. The van der Waals surface area contributed by atoms with E-state index >= 15 is 0 Å². The average molecular weight is 253 g/mol. The Labute approximate surface area is 112 Å². The Hall–Kier alpha value is -2.62. The van der Waals surface area contributed by atoms with Gasteiger partial charge in [0.2, 0.25) is 0 Å². The number of hydrogen-bond acceptors (Lipinski definition) is 2. The van der Waals surface area contributed by atoms with Gasteiger partial charge in [0.25, 0.3) is 0 Å². The van der Waals surface area contributed by atoms with E-state index in [1.165, 1.54) is 5.01 Å². The summed E-state index contributed by atoms with van der Waals surface area (Å²) in [7, 11) is 1.61. The highest BCUT2D eigenvalue weighted by atomic mass is 16.2. The minimum absolute atomic E-state index is 0.279. The number of para-hydroxylation sites is 1. The smallest absolute Gasteiger partial charge is 0.306 e. The number of urea groups is 1. The largest absolute Gasteiger partial charge is 0.341 e. The van der Waals surface area contributed by atoms with Crippen molar-refractivity contribution < 1.29 is 4.79 Å². The molecule has 2 amide bonds. The van der Waals surface area contributed by atoms with Gasteiger partial charge in [0.15, 0.2) is 0 Å². The zero-order valence-corrected chi connectivity index (χ0v) is 10.7. The molecule has 0 radical (unpaired) electrons. The maximum atomic E-state index is 11.8. The van der Waals surface area contributed by atoms with E-state index in [4.69, 9.17) is 0 Å². The van der Waals surface area contributed by atoms with E-state index in [1.807, 2.05) is 60.7 Å². The lowest BCUT2D eigenvalue weighted by Gasteiger charge is -2.12. The summed E-state index contributed by atoms with van der Waals surface area (Å²) in [6.07, 6.45) is 1.64. The third kappa shape index (κ3) is 3.96. The number of hydrogen-bond donors (Lipinski definition) is 1. The second kappa shape index (κ2) is 6.35. The Morgan fingerprint density at radius 2 is 1.63 bits per heavy atom. The number of nitrogens with one attached hydrogen (secondary N) is 1. The molecule has 2 rings (SSSR count). The fourth-order valence-corrected chi connectivity index (χ4v) is 1.47. The number of benzene rings is 2. The number of rotatable bonds is 3. The van der Waals surface area contributed by atoms with Gasteiger partial charge in [-0.15, -0.1) is 0 Å². The molecule has 0 fully saturated rings. The second-order valence-electron chi connectivity index (χ2n) is 3.98. The van der Waals surface area contributed by atoms with Crippen LogP contribution >= 0.6 is 0 Å². The van der Waals surface area contributed by atoms with Gasteiger partial charge in [-0.3, -0.25) is 0 Å². The van der Waals surface area contributed by atoms with Crippen LogP contribution in [0.25, 0.3) is 0 Å². The highest BCUT2D eigenvalue weighted by Crippen LogP contribution is 2.06. The Balaban J connectivity index is 1.95. The molecular weight excluding hydrogens is 238 g/mol. The van der Waals surface area contributed by atoms with Gasteiger partial charge in [-0.2, -0.15) is 5.10 Å². The zero-order valence-electron chi connectivity index (χ0n) is 10.7. The van der Waals surface area contributed by atoms with Gasteiger partial charge in [0, 0.05) is 12.7 Å². The molecule has 0 bridgehead atoms. The molecule has 0 heterocycles. The summed E-state index contributed by atoms with van der Waals surface area (Å²) in [4.78, 5) is 11.8. The molecule has 0 saturated carbocycles. The second-order valence-corrected chi connectivity index (χ2v) is 3.98. The third-order valence-electron chi connectivity index (χ3n) is 2.50. The maximum Gasteiger partial charge on any atom is 0.341 e. The minimum atomic E-state index is -0.279. The van der Waals surface area contributed by atoms with E-state index in [0.29, 0.717) is 0 Å². The first kappa shape index (κ1) is 12.8. The number of carbonyl (C=O) groups excluding carboxylic acids is 1. The van der Waals surface area contributed by atoms with E-state index in [1.54, 1.807) is 13.3 Å². The average Bonchev–Trinajstić information content (AvgIpc) is 2.47. The van der Waals surface area contributed by atoms with Crippen molar-refractivity contribution >= 4 is 17.9 Å². The Bertz CT molecular complexity index is 552. The number of hydrazone groups is 1. The highest BCUT2D eigenvalue weighted by molar-refractivity contribution is 5.90. The zero-order chi connectivity index (χ0) is 13.5. The molecule has 4 nitrogen and oxygen atoms in total. The Kier molecular flexibility index (Phi) is 4.29. The van der Waals surface area contributed by atoms with Crippen LogP contribution in [-0.2, 0) is 0 Å². The number of anilines is 1. The maximum absolute atomic E-state index is 11.8. The summed E-state index contributed by atoms with van der Waals surface area (Å²) < 4.78 is 0. The molecule has 0 spiro atoms. The van der Waals surface area contributed by atoms with E-state index < -0.39 is 0 Å². The van der Waals surface area contributed by atoms with Gasteiger partial charge in [-0.1, -0.05) is 48.5 Å². The first-order valence-electron chi connectivity index (χ1n) is 5.94. The molecule has 0 aliphatic rings. The molecule has 4 heteroatoms. The predicted molar refractivity (Wildman–Crippen MR) is 77.3 cm³/mol. The third-order valence-corrected chi connectivity index (χ3v) is 2.50. The number of nitrogens with zero attached hydrogens (tertiary/aromatic N) is 2. The Morgan fingerprint density at radius 1 is 1.05 bits per heavy atom. The molecule has 2 aromatic carbocycles. The molecule has 1 N–H and O–H groups in total. The molecule has 0 unspecified atom stereocenters. The van der Waals surface area contributed by atoms with Gasteiger partial charge in [0.1, 0.15) is 0 Å². The van der Waals surface area contributed by atoms with E-state index in [-0.39, 0.29) is 6.03 Å². The van der Waals surface area contributed by atoms with E-state index in [2.05, 4.69) is 10.4 Å². The predicted octanol–water partition coefficient (Wildman–Crippen LogP) is 3.18. The van der Waals surface area contributed by atoms with Crippen molar-refractivity contribution in [2.75, 3.05) is 12.4 Å². The first-order chi connectivity index (χ1) is 9.25. The summed E-state index contributed by atoms with van der Waals surface area (Å²) in [5, 5.41) is 8.10. The van der Waals surface area contributed by atoms with Crippen LogP contribution in [0.3, 0.4) is 0 Å². The molecule has 0 aromatic heterocycles.